The Labute approximate surface area is 157 Å². The number of carbonyl (C=O) groups is 1. The highest BCUT2D eigenvalue weighted by Gasteiger charge is 2.33. The highest BCUT2D eigenvalue weighted by Crippen LogP contribution is 2.32. The van der Waals surface area contributed by atoms with Crippen LogP contribution in [0.1, 0.15) is 30.0 Å². The van der Waals surface area contributed by atoms with Crippen molar-refractivity contribution >= 4 is 22.9 Å². The van der Waals surface area contributed by atoms with Crippen LogP contribution in [0.2, 0.25) is 0 Å². The van der Waals surface area contributed by atoms with E-state index in [0.29, 0.717) is 6.54 Å². The van der Waals surface area contributed by atoms with Crippen molar-refractivity contribution in [2.75, 3.05) is 11.4 Å². The smallest absolute Gasteiger partial charge is 0.322 e. The van der Waals surface area contributed by atoms with Gasteiger partial charge in [-0.15, -0.1) is 0 Å². The molecule has 1 atom stereocenters. The first-order valence-corrected chi connectivity index (χ1v) is 9.26. The van der Waals surface area contributed by atoms with Crippen molar-refractivity contribution in [3.8, 4) is 0 Å². The molecule has 2 aromatic heterocycles. The van der Waals surface area contributed by atoms with Gasteiger partial charge in [-0.25, -0.2) is 9.78 Å². The standard InChI is InChI=1S/C22H20N4O/c27-22-24-15-20(26(22)19-10-12-25-13-11-23-21(25)14-19)18-8-6-17(7-9-18)16-4-2-1-3-5-16/h2,4-14,20H,1,3,15H2,(H,24,27). The molecule has 1 unspecified atom stereocenters. The molecule has 3 heterocycles. The number of benzene rings is 1. The number of nitrogens with one attached hydrogen (secondary N) is 1. The molecule has 1 saturated heterocycles. The Balaban J connectivity index is 1.47. The van der Waals surface area contributed by atoms with Crippen molar-refractivity contribution in [1.82, 2.24) is 14.7 Å². The SMILES string of the molecule is O=C1NCC(c2ccc(C3=CCCC=C3)cc2)N1c1ccn2ccnc2c1. The summed E-state index contributed by atoms with van der Waals surface area (Å²) in [4.78, 5) is 18.7. The molecule has 0 saturated carbocycles. The zero-order valence-electron chi connectivity index (χ0n) is 14.9. The van der Waals surface area contributed by atoms with Crippen LogP contribution in [0.15, 0.2) is 73.2 Å². The predicted octanol–water partition coefficient (Wildman–Crippen LogP) is 4.34. The van der Waals surface area contributed by atoms with Crippen molar-refractivity contribution in [3.05, 3.63) is 84.3 Å². The monoisotopic (exact) mass is 356 g/mol. The molecule has 0 bridgehead atoms. The Morgan fingerprint density at radius 2 is 1.96 bits per heavy atom. The molecule has 1 fully saturated rings. The third kappa shape index (κ3) is 2.81. The fraction of sp³-hybridized carbons (Fsp3) is 0.182. The zero-order valence-corrected chi connectivity index (χ0v) is 14.9. The first-order valence-electron chi connectivity index (χ1n) is 9.26. The first kappa shape index (κ1) is 15.9. The molecule has 1 aromatic carbocycles. The molecule has 134 valence electrons. The van der Waals surface area contributed by atoms with Gasteiger partial charge in [0.2, 0.25) is 0 Å². The largest absolute Gasteiger partial charge is 0.335 e. The van der Waals surface area contributed by atoms with E-state index >= 15 is 0 Å². The highest BCUT2D eigenvalue weighted by atomic mass is 16.2. The number of nitrogens with zero attached hydrogens (tertiary/aromatic N) is 3. The van der Waals surface area contributed by atoms with Gasteiger partial charge in [-0.3, -0.25) is 4.90 Å². The molecule has 2 amide bonds. The number of fused-ring (bicyclic) bond motifs is 1. The van der Waals surface area contributed by atoms with Gasteiger partial charge in [0, 0.05) is 31.2 Å². The van der Waals surface area contributed by atoms with E-state index in [1.54, 1.807) is 6.20 Å². The van der Waals surface area contributed by atoms with Crippen LogP contribution in [0, 0.1) is 0 Å². The average Bonchev–Trinajstić information content (AvgIpc) is 3.34. The lowest BCUT2D eigenvalue weighted by molar-refractivity contribution is 0.251. The summed E-state index contributed by atoms with van der Waals surface area (Å²) in [5, 5.41) is 2.97. The van der Waals surface area contributed by atoms with Crippen molar-refractivity contribution in [2.45, 2.75) is 18.9 Å². The molecule has 1 aliphatic heterocycles. The lowest BCUT2D eigenvalue weighted by Gasteiger charge is -2.24. The average molecular weight is 356 g/mol. The second-order valence-electron chi connectivity index (χ2n) is 6.91. The van der Waals surface area contributed by atoms with Crippen molar-refractivity contribution in [2.24, 2.45) is 0 Å². The van der Waals surface area contributed by atoms with Gasteiger partial charge in [-0.1, -0.05) is 42.5 Å². The van der Waals surface area contributed by atoms with Gasteiger partial charge in [-0.05, 0) is 35.6 Å². The Kier molecular flexibility index (Phi) is 3.78. The van der Waals surface area contributed by atoms with E-state index in [4.69, 9.17) is 0 Å². The molecular weight excluding hydrogens is 336 g/mol. The maximum absolute atomic E-state index is 12.5. The molecule has 2 aliphatic rings. The fourth-order valence-electron chi connectivity index (χ4n) is 3.84. The van der Waals surface area contributed by atoms with Gasteiger partial charge in [0.05, 0.1) is 11.7 Å². The van der Waals surface area contributed by atoms with Gasteiger partial charge in [-0.2, -0.15) is 0 Å². The van der Waals surface area contributed by atoms with Crippen molar-refractivity contribution < 1.29 is 4.79 Å². The molecule has 5 rings (SSSR count). The van der Waals surface area contributed by atoms with E-state index in [2.05, 4.69) is 52.8 Å². The number of urea groups is 1. The zero-order chi connectivity index (χ0) is 18.2. The third-order valence-electron chi connectivity index (χ3n) is 5.26. The Bertz CT molecular complexity index is 1060. The quantitative estimate of drug-likeness (QED) is 0.759. The van der Waals surface area contributed by atoms with Crippen LogP contribution in [0.25, 0.3) is 11.2 Å². The van der Waals surface area contributed by atoms with Crippen molar-refractivity contribution in [3.63, 3.8) is 0 Å². The summed E-state index contributed by atoms with van der Waals surface area (Å²) in [5.74, 6) is 0. The molecule has 5 nitrogen and oxygen atoms in total. The van der Waals surface area contributed by atoms with Gasteiger partial charge in [0.1, 0.15) is 5.65 Å². The van der Waals surface area contributed by atoms with E-state index in [9.17, 15) is 4.79 Å². The van der Waals surface area contributed by atoms with Gasteiger partial charge in [0.25, 0.3) is 0 Å². The highest BCUT2D eigenvalue weighted by molar-refractivity contribution is 5.95. The number of hydrogen-bond donors (Lipinski definition) is 1. The Morgan fingerprint density at radius 3 is 2.78 bits per heavy atom. The van der Waals surface area contributed by atoms with E-state index in [1.165, 1.54) is 11.1 Å². The summed E-state index contributed by atoms with van der Waals surface area (Å²) in [6, 6.07) is 12.4. The summed E-state index contributed by atoms with van der Waals surface area (Å²) in [6.45, 7) is 0.598. The minimum atomic E-state index is -0.0714. The van der Waals surface area contributed by atoms with Crippen LogP contribution in [-0.4, -0.2) is 22.0 Å². The Morgan fingerprint density at radius 1 is 1.07 bits per heavy atom. The minimum absolute atomic E-state index is 0.0279. The molecule has 27 heavy (non-hydrogen) atoms. The number of amides is 2. The first-order chi connectivity index (χ1) is 13.3. The number of rotatable bonds is 3. The molecule has 1 aliphatic carbocycles. The molecule has 5 heteroatoms. The number of hydrogen-bond acceptors (Lipinski definition) is 2. The molecule has 3 aromatic rings. The normalized spacial score (nSPS) is 19.4. The van der Waals surface area contributed by atoms with Crippen LogP contribution >= 0.6 is 0 Å². The number of pyridine rings is 1. The van der Waals surface area contributed by atoms with Gasteiger partial charge >= 0.3 is 6.03 Å². The maximum atomic E-state index is 12.5. The molecule has 1 N–H and O–H groups in total. The van der Waals surface area contributed by atoms with Crippen LogP contribution in [0.4, 0.5) is 10.5 Å². The fourth-order valence-corrected chi connectivity index (χ4v) is 3.84. The summed E-state index contributed by atoms with van der Waals surface area (Å²) >= 11 is 0. The molecular formula is C22H20N4O. The van der Waals surface area contributed by atoms with E-state index in [1.807, 2.05) is 33.8 Å². The van der Waals surface area contributed by atoms with Crippen LogP contribution < -0.4 is 10.2 Å². The Hall–Kier alpha value is -3.34. The van der Waals surface area contributed by atoms with Crippen molar-refractivity contribution in [1.29, 1.82) is 0 Å². The predicted molar refractivity (Wildman–Crippen MR) is 107 cm³/mol. The molecule has 0 radical (unpaired) electrons. The van der Waals surface area contributed by atoms with Gasteiger partial charge in [0.15, 0.2) is 0 Å². The van der Waals surface area contributed by atoms with Gasteiger partial charge < -0.3 is 9.72 Å². The minimum Gasteiger partial charge on any atom is -0.335 e. The van der Waals surface area contributed by atoms with E-state index in [-0.39, 0.29) is 12.1 Å². The summed E-state index contributed by atoms with van der Waals surface area (Å²) in [6.07, 6.45) is 14.5. The number of allylic oxidation sites excluding steroid dienone is 4. The topological polar surface area (TPSA) is 49.6 Å². The third-order valence-corrected chi connectivity index (χ3v) is 5.26. The number of aromatic nitrogens is 2. The summed E-state index contributed by atoms with van der Waals surface area (Å²) in [5.41, 5.74) is 5.31. The van der Waals surface area contributed by atoms with Crippen LogP contribution in [0.3, 0.4) is 0 Å². The molecule has 0 spiro atoms. The number of anilines is 1. The number of carbonyl (C=O) groups excluding carboxylic acids is 1. The van der Waals surface area contributed by atoms with E-state index < -0.39 is 0 Å². The summed E-state index contributed by atoms with van der Waals surface area (Å²) in [7, 11) is 0. The maximum Gasteiger partial charge on any atom is 0.322 e. The second kappa shape index (κ2) is 6.43. The second-order valence-corrected chi connectivity index (χ2v) is 6.91. The van der Waals surface area contributed by atoms with Crippen LogP contribution in [-0.2, 0) is 0 Å². The number of imidazole rings is 1. The summed E-state index contributed by atoms with van der Waals surface area (Å²) < 4.78 is 1.94. The van der Waals surface area contributed by atoms with Crippen LogP contribution in [0.5, 0.6) is 0 Å². The lowest BCUT2D eigenvalue weighted by Crippen LogP contribution is -2.29. The lowest BCUT2D eigenvalue weighted by atomic mass is 9.97. The van der Waals surface area contributed by atoms with E-state index in [0.717, 1.165) is 29.7 Å².